The lowest BCUT2D eigenvalue weighted by Gasteiger charge is -2.40. The molecule has 168 valence electrons. The predicted molar refractivity (Wildman–Crippen MR) is 116 cm³/mol. The van der Waals surface area contributed by atoms with E-state index in [4.69, 9.17) is 49.0 Å². The summed E-state index contributed by atoms with van der Waals surface area (Å²) in [6.07, 6.45) is 0. The highest BCUT2D eigenvalue weighted by Gasteiger charge is 2.31. The number of aromatic nitrogens is 4. The molecule has 5 heterocycles. The smallest absolute Gasteiger partial charge is 0.257 e. The van der Waals surface area contributed by atoms with Crippen molar-refractivity contribution in [3.8, 4) is 5.88 Å². The molecule has 3 aliphatic heterocycles. The van der Waals surface area contributed by atoms with Crippen LogP contribution in [0.5, 0.6) is 5.88 Å². The lowest BCUT2D eigenvalue weighted by molar-refractivity contribution is 0.0689. The molecule has 2 aromatic rings. The molecule has 3 aliphatic rings. The Morgan fingerprint density at radius 1 is 0.871 bits per heavy atom. The summed E-state index contributed by atoms with van der Waals surface area (Å²) in [4.78, 5) is 4.16. The van der Waals surface area contributed by atoms with Gasteiger partial charge < -0.3 is 29.1 Å². The van der Waals surface area contributed by atoms with E-state index in [0.717, 1.165) is 18.8 Å². The Morgan fingerprint density at radius 3 is 2.32 bits per heavy atom. The van der Waals surface area contributed by atoms with Crippen LogP contribution in [0.15, 0.2) is 12.1 Å². The molecule has 2 aromatic heterocycles. The van der Waals surface area contributed by atoms with Gasteiger partial charge in [-0.3, -0.25) is 0 Å². The first-order valence-corrected chi connectivity index (χ1v) is 10.8. The molecule has 10 nitrogen and oxygen atoms in total. The van der Waals surface area contributed by atoms with Crippen LogP contribution in [-0.2, 0) is 9.47 Å². The summed E-state index contributed by atoms with van der Waals surface area (Å²) in [5.74, 6) is 0.567. The molecule has 0 radical (unpaired) electrons. The molecule has 0 aliphatic carbocycles. The van der Waals surface area contributed by atoms with E-state index in [1.165, 1.54) is 0 Å². The molecule has 2 saturated heterocycles. The topological polar surface area (TPSA) is 106 Å². The average molecular weight is 492 g/mol. The van der Waals surface area contributed by atoms with Crippen molar-refractivity contribution in [2.24, 2.45) is 0 Å². The second-order valence-electron chi connectivity index (χ2n) is 7.04. The van der Waals surface area contributed by atoms with Crippen molar-refractivity contribution < 1.29 is 19.3 Å². The fourth-order valence-electron chi connectivity index (χ4n) is 3.61. The molecular weight excluding hydrogens is 471 g/mol. The lowest BCUT2D eigenvalue weighted by atomic mass is 10.2. The third-order valence-corrected chi connectivity index (χ3v) is 5.75. The Bertz CT molecular complexity index is 911. The quantitative estimate of drug-likeness (QED) is 0.667. The van der Waals surface area contributed by atoms with Crippen molar-refractivity contribution in [2.45, 2.75) is 12.1 Å². The van der Waals surface area contributed by atoms with Gasteiger partial charge in [-0.15, -0.1) is 20.4 Å². The lowest BCUT2D eigenvalue weighted by Crippen LogP contribution is -2.51. The second kappa shape index (κ2) is 10.3. The normalized spacial score (nSPS) is 22.6. The van der Waals surface area contributed by atoms with Crippen LogP contribution in [0.1, 0.15) is 0 Å². The van der Waals surface area contributed by atoms with Gasteiger partial charge in [-0.05, 0) is 0 Å². The van der Waals surface area contributed by atoms with Gasteiger partial charge in [0.1, 0.15) is 12.3 Å². The van der Waals surface area contributed by atoms with E-state index in [2.05, 4.69) is 25.3 Å². The highest BCUT2D eigenvalue weighted by molar-refractivity contribution is 6.33. The number of aliphatic hydroxyl groups excluding tert-OH is 1. The van der Waals surface area contributed by atoms with E-state index < -0.39 is 0 Å². The van der Waals surface area contributed by atoms with Crippen LogP contribution >= 0.6 is 34.8 Å². The van der Waals surface area contributed by atoms with Crippen molar-refractivity contribution in [2.75, 3.05) is 62.5 Å². The minimum Gasteiger partial charge on any atom is -0.473 e. The minimum atomic E-state index is -0.119. The molecule has 2 fully saturated rings. The number of ether oxygens (including phenoxy) is 3. The molecule has 2 atom stereocenters. The summed E-state index contributed by atoms with van der Waals surface area (Å²) < 4.78 is 16.2. The van der Waals surface area contributed by atoms with E-state index >= 15 is 0 Å². The summed E-state index contributed by atoms with van der Waals surface area (Å²) in [6, 6.07) is 3.59. The summed E-state index contributed by atoms with van der Waals surface area (Å²) >= 11 is 17.6. The van der Waals surface area contributed by atoms with Gasteiger partial charge in [-0.25, -0.2) is 0 Å². The van der Waals surface area contributed by atoms with Gasteiger partial charge in [0.2, 0.25) is 0 Å². The zero-order valence-electron chi connectivity index (χ0n) is 16.5. The minimum absolute atomic E-state index is 0.00370. The van der Waals surface area contributed by atoms with Crippen LogP contribution in [0.4, 0.5) is 11.4 Å². The maximum absolute atomic E-state index is 9.25. The standard InChI is InChI=1S/C9H11Cl2N3O2.C9H10ClN3O2/c10-8-3-7(9(11)13-12-8)14-1-2-16-5-6(14)4-15;10-8-3-7-9(12-11-8)15-5-6-4-14-2-1-13(6)7/h3,6,15H,1-2,4-5H2;3,6H,1-2,4-5H2. The van der Waals surface area contributed by atoms with Crippen LogP contribution in [-0.4, -0.2) is 90.3 Å². The molecule has 0 saturated carbocycles. The Hall–Kier alpha value is -1.69. The van der Waals surface area contributed by atoms with Crippen LogP contribution in [0, 0.1) is 0 Å². The maximum Gasteiger partial charge on any atom is 0.257 e. The Morgan fingerprint density at radius 2 is 1.55 bits per heavy atom. The maximum atomic E-state index is 9.25. The zero-order valence-corrected chi connectivity index (χ0v) is 18.7. The van der Waals surface area contributed by atoms with Gasteiger partial charge in [0.05, 0.1) is 50.8 Å². The van der Waals surface area contributed by atoms with E-state index in [1.807, 2.05) is 4.90 Å². The fraction of sp³-hybridized carbons (Fsp3) is 0.556. The van der Waals surface area contributed by atoms with Gasteiger partial charge in [-0.1, -0.05) is 34.8 Å². The monoisotopic (exact) mass is 490 g/mol. The predicted octanol–water partition coefficient (Wildman–Crippen LogP) is 1.71. The van der Waals surface area contributed by atoms with Gasteiger partial charge in [0.15, 0.2) is 15.5 Å². The number of hydrogen-bond acceptors (Lipinski definition) is 10. The highest BCUT2D eigenvalue weighted by Crippen LogP contribution is 2.33. The average Bonchev–Trinajstić information content (AvgIpc) is 2.81. The number of hydrogen-bond donors (Lipinski definition) is 1. The number of halogens is 3. The number of fused-ring (bicyclic) bond motifs is 3. The van der Waals surface area contributed by atoms with Crippen LogP contribution in [0.25, 0.3) is 0 Å². The first kappa shape index (κ1) is 22.5. The van der Waals surface area contributed by atoms with Crippen LogP contribution in [0.3, 0.4) is 0 Å². The summed E-state index contributed by atoms with van der Waals surface area (Å²) in [7, 11) is 0. The summed E-state index contributed by atoms with van der Waals surface area (Å²) in [6.45, 7) is 4.57. The van der Waals surface area contributed by atoms with Gasteiger partial charge in [-0.2, -0.15) is 0 Å². The number of aliphatic hydroxyl groups is 1. The van der Waals surface area contributed by atoms with Crippen molar-refractivity contribution in [3.63, 3.8) is 0 Å². The second-order valence-corrected chi connectivity index (χ2v) is 8.17. The number of anilines is 2. The van der Waals surface area contributed by atoms with Crippen molar-refractivity contribution in [1.29, 1.82) is 0 Å². The molecule has 31 heavy (non-hydrogen) atoms. The van der Waals surface area contributed by atoms with Crippen molar-refractivity contribution in [1.82, 2.24) is 20.4 Å². The molecular formula is C18H21Cl3N6O4. The molecule has 0 spiro atoms. The molecule has 0 amide bonds. The summed E-state index contributed by atoms with van der Waals surface area (Å²) in [5.41, 5.74) is 1.61. The van der Waals surface area contributed by atoms with Gasteiger partial charge in [0, 0.05) is 25.2 Å². The molecule has 2 unspecified atom stereocenters. The first-order valence-electron chi connectivity index (χ1n) is 9.71. The highest BCUT2D eigenvalue weighted by atomic mass is 35.5. The molecule has 1 N–H and O–H groups in total. The Labute approximate surface area is 194 Å². The Kier molecular flexibility index (Phi) is 7.47. The fourth-order valence-corrected chi connectivity index (χ4v) is 4.09. The third kappa shape index (κ3) is 5.21. The van der Waals surface area contributed by atoms with Crippen molar-refractivity contribution >= 4 is 46.2 Å². The SMILES string of the molecule is Clc1cc2c(nn1)OCC1COCCN21.OCC1COCCN1c1cc(Cl)nnc1Cl. The Balaban J connectivity index is 0.000000149. The molecule has 0 bridgehead atoms. The van der Waals surface area contributed by atoms with Crippen molar-refractivity contribution in [3.05, 3.63) is 27.6 Å². The third-order valence-electron chi connectivity index (χ3n) is 5.11. The van der Waals surface area contributed by atoms with Crippen LogP contribution < -0.4 is 14.5 Å². The van der Waals surface area contributed by atoms with E-state index in [9.17, 15) is 5.11 Å². The number of nitrogens with zero attached hydrogens (tertiary/aromatic N) is 6. The first-order chi connectivity index (χ1) is 15.1. The van der Waals surface area contributed by atoms with Gasteiger partial charge >= 0.3 is 0 Å². The largest absolute Gasteiger partial charge is 0.473 e. The van der Waals surface area contributed by atoms with E-state index in [1.54, 1.807) is 12.1 Å². The number of morpholine rings is 2. The van der Waals surface area contributed by atoms with Crippen LogP contribution in [0.2, 0.25) is 15.5 Å². The number of rotatable bonds is 2. The summed E-state index contributed by atoms with van der Waals surface area (Å²) in [5, 5.41) is 25.3. The van der Waals surface area contributed by atoms with E-state index in [0.29, 0.717) is 49.7 Å². The molecule has 13 heteroatoms. The molecule has 5 rings (SSSR count). The zero-order chi connectivity index (χ0) is 21.8. The van der Waals surface area contributed by atoms with Gasteiger partial charge in [0.25, 0.3) is 5.88 Å². The molecule has 0 aromatic carbocycles. The van der Waals surface area contributed by atoms with E-state index in [-0.39, 0.29) is 29.0 Å².